The van der Waals surface area contributed by atoms with E-state index >= 15 is 0 Å². The molecule has 1 aromatic carbocycles. The van der Waals surface area contributed by atoms with Gasteiger partial charge in [0.25, 0.3) is 0 Å². The van der Waals surface area contributed by atoms with Crippen molar-refractivity contribution in [2.75, 3.05) is 12.1 Å². The summed E-state index contributed by atoms with van der Waals surface area (Å²) in [5.74, 6) is 0.923. The van der Waals surface area contributed by atoms with Gasteiger partial charge in [-0.15, -0.1) is 0 Å². The Labute approximate surface area is 120 Å². The van der Waals surface area contributed by atoms with Crippen LogP contribution in [0.3, 0.4) is 0 Å². The summed E-state index contributed by atoms with van der Waals surface area (Å²) in [5.41, 5.74) is 1.44. The molecule has 0 fully saturated rings. The average molecular weight is 295 g/mol. The molecule has 3 rings (SSSR count). The SMILES string of the molecule is CC(Nc1cc2c(cc1Cl)OCO2)c1ccc(F)cn1. The minimum Gasteiger partial charge on any atom is -0.454 e. The molecule has 104 valence electrons. The lowest BCUT2D eigenvalue weighted by molar-refractivity contribution is 0.174. The predicted octanol–water partition coefficient (Wildman–Crippen LogP) is 3.78. The zero-order chi connectivity index (χ0) is 14.1. The number of rotatable bonds is 3. The summed E-state index contributed by atoms with van der Waals surface area (Å²) in [6.45, 7) is 2.12. The highest BCUT2D eigenvalue weighted by molar-refractivity contribution is 6.33. The second-order valence-electron chi connectivity index (χ2n) is 4.45. The molecule has 20 heavy (non-hydrogen) atoms. The summed E-state index contributed by atoms with van der Waals surface area (Å²) in [7, 11) is 0. The number of halogens is 2. The molecule has 2 heterocycles. The highest BCUT2D eigenvalue weighted by Crippen LogP contribution is 2.40. The summed E-state index contributed by atoms with van der Waals surface area (Å²) >= 11 is 6.19. The maximum absolute atomic E-state index is 12.9. The molecule has 1 aliphatic rings. The molecule has 1 unspecified atom stereocenters. The summed E-state index contributed by atoms with van der Waals surface area (Å²) in [5, 5.41) is 3.75. The van der Waals surface area contributed by atoms with E-state index in [4.69, 9.17) is 21.1 Å². The van der Waals surface area contributed by atoms with E-state index in [1.54, 1.807) is 18.2 Å². The molecule has 0 aliphatic carbocycles. The van der Waals surface area contributed by atoms with Gasteiger partial charge >= 0.3 is 0 Å². The molecule has 0 radical (unpaired) electrons. The Morgan fingerprint density at radius 3 is 2.75 bits per heavy atom. The molecule has 4 nitrogen and oxygen atoms in total. The third-order valence-electron chi connectivity index (χ3n) is 3.03. The fraction of sp³-hybridized carbons (Fsp3) is 0.214. The number of fused-ring (bicyclic) bond motifs is 1. The maximum atomic E-state index is 12.9. The Kier molecular flexibility index (Phi) is 3.36. The highest BCUT2D eigenvalue weighted by atomic mass is 35.5. The molecule has 0 bridgehead atoms. The summed E-state index contributed by atoms with van der Waals surface area (Å²) in [4.78, 5) is 4.04. The minimum atomic E-state index is -0.359. The van der Waals surface area contributed by atoms with E-state index in [-0.39, 0.29) is 18.7 Å². The maximum Gasteiger partial charge on any atom is 0.231 e. The lowest BCUT2D eigenvalue weighted by atomic mass is 10.2. The van der Waals surface area contributed by atoms with Crippen LogP contribution in [0.1, 0.15) is 18.7 Å². The van der Waals surface area contributed by atoms with Gasteiger partial charge in [-0.05, 0) is 19.1 Å². The van der Waals surface area contributed by atoms with Gasteiger partial charge in [0.2, 0.25) is 6.79 Å². The lowest BCUT2D eigenvalue weighted by Crippen LogP contribution is -2.08. The van der Waals surface area contributed by atoms with E-state index < -0.39 is 0 Å². The standard InChI is InChI=1S/C14H12ClFN2O2/c1-8(11-3-2-9(16)6-17-11)18-12-5-14-13(4-10(12)15)19-7-20-14/h2-6,8,18H,7H2,1H3. The largest absolute Gasteiger partial charge is 0.454 e. The monoisotopic (exact) mass is 294 g/mol. The number of pyridine rings is 1. The van der Waals surface area contributed by atoms with Crippen molar-refractivity contribution in [2.45, 2.75) is 13.0 Å². The van der Waals surface area contributed by atoms with Crippen molar-refractivity contribution in [3.63, 3.8) is 0 Å². The molecule has 1 N–H and O–H groups in total. The quantitative estimate of drug-likeness (QED) is 0.935. The number of aromatic nitrogens is 1. The van der Waals surface area contributed by atoms with E-state index in [9.17, 15) is 4.39 Å². The van der Waals surface area contributed by atoms with Gasteiger partial charge in [0.15, 0.2) is 11.5 Å². The molecule has 1 aromatic heterocycles. The van der Waals surface area contributed by atoms with Gasteiger partial charge in [-0.2, -0.15) is 0 Å². The molecule has 1 atom stereocenters. The number of hydrogen-bond donors (Lipinski definition) is 1. The van der Waals surface area contributed by atoms with Crippen LogP contribution in [0.25, 0.3) is 0 Å². The zero-order valence-corrected chi connectivity index (χ0v) is 11.4. The number of ether oxygens (including phenoxy) is 2. The topological polar surface area (TPSA) is 43.4 Å². The number of anilines is 1. The third-order valence-corrected chi connectivity index (χ3v) is 3.34. The van der Waals surface area contributed by atoms with Gasteiger partial charge in [-0.25, -0.2) is 4.39 Å². The Morgan fingerprint density at radius 2 is 2.05 bits per heavy atom. The van der Waals surface area contributed by atoms with Crippen LogP contribution in [-0.4, -0.2) is 11.8 Å². The predicted molar refractivity (Wildman–Crippen MR) is 73.8 cm³/mol. The van der Waals surface area contributed by atoms with E-state index in [0.29, 0.717) is 16.5 Å². The Morgan fingerprint density at radius 1 is 1.30 bits per heavy atom. The number of nitrogens with one attached hydrogen (secondary N) is 1. The molecular formula is C14H12ClFN2O2. The van der Waals surface area contributed by atoms with Crippen LogP contribution in [0.5, 0.6) is 11.5 Å². The van der Waals surface area contributed by atoms with Gasteiger partial charge in [0.05, 0.1) is 28.6 Å². The van der Waals surface area contributed by atoms with E-state index in [1.807, 2.05) is 6.92 Å². The van der Waals surface area contributed by atoms with Crippen LogP contribution in [0.15, 0.2) is 30.5 Å². The van der Waals surface area contributed by atoms with E-state index in [0.717, 1.165) is 11.4 Å². The van der Waals surface area contributed by atoms with Crippen molar-refractivity contribution in [3.05, 3.63) is 47.0 Å². The molecule has 6 heteroatoms. The van der Waals surface area contributed by atoms with E-state index in [1.165, 1.54) is 12.3 Å². The van der Waals surface area contributed by atoms with Gasteiger partial charge in [-0.3, -0.25) is 4.98 Å². The lowest BCUT2D eigenvalue weighted by Gasteiger charge is -2.16. The summed E-state index contributed by atoms with van der Waals surface area (Å²) in [6, 6.07) is 6.38. The Bertz CT molecular complexity index is 634. The summed E-state index contributed by atoms with van der Waals surface area (Å²) < 4.78 is 23.4. The minimum absolute atomic E-state index is 0.117. The van der Waals surface area contributed by atoms with Crippen LogP contribution >= 0.6 is 11.6 Å². The van der Waals surface area contributed by atoms with Crippen molar-refractivity contribution < 1.29 is 13.9 Å². The smallest absolute Gasteiger partial charge is 0.231 e. The number of hydrogen-bond acceptors (Lipinski definition) is 4. The summed E-state index contributed by atoms with van der Waals surface area (Å²) in [6.07, 6.45) is 1.19. The van der Waals surface area contributed by atoms with Crippen LogP contribution in [-0.2, 0) is 0 Å². The van der Waals surface area contributed by atoms with E-state index in [2.05, 4.69) is 10.3 Å². The first-order valence-corrected chi connectivity index (χ1v) is 6.48. The van der Waals surface area contributed by atoms with Crippen LogP contribution in [0.4, 0.5) is 10.1 Å². The van der Waals surface area contributed by atoms with Crippen molar-refractivity contribution in [2.24, 2.45) is 0 Å². The highest BCUT2D eigenvalue weighted by Gasteiger charge is 2.18. The van der Waals surface area contributed by atoms with Gasteiger partial charge in [-0.1, -0.05) is 11.6 Å². The Hall–Kier alpha value is -2.01. The number of benzene rings is 1. The van der Waals surface area contributed by atoms with Crippen molar-refractivity contribution in [1.82, 2.24) is 4.98 Å². The second kappa shape index (κ2) is 5.17. The Balaban J connectivity index is 1.82. The first kappa shape index (κ1) is 13.0. The van der Waals surface area contributed by atoms with Gasteiger partial charge < -0.3 is 14.8 Å². The van der Waals surface area contributed by atoms with Gasteiger partial charge in [0, 0.05) is 12.1 Å². The molecule has 1 aliphatic heterocycles. The first-order chi connectivity index (χ1) is 9.63. The number of nitrogens with zero attached hydrogens (tertiary/aromatic N) is 1. The third kappa shape index (κ3) is 2.49. The molecule has 2 aromatic rings. The molecular weight excluding hydrogens is 283 g/mol. The first-order valence-electron chi connectivity index (χ1n) is 6.10. The van der Waals surface area contributed by atoms with Crippen molar-refractivity contribution in [1.29, 1.82) is 0 Å². The molecule has 0 amide bonds. The van der Waals surface area contributed by atoms with Crippen LogP contribution in [0.2, 0.25) is 5.02 Å². The van der Waals surface area contributed by atoms with Gasteiger partial charge in [0.1, 0.15) is 5.82 Å². The van der Waals surface area contributed by atoms with Crippen molar-refractivity contribution >= 4 is 17.3 Å². The van der Waals surface area contributed by atoms with Crippen LogP contribution in [0, 0.1) is 5.82 Å². The van der Waals surface area contributed by atoms with Crippen molar-refractivity contribution in [3.8, 4) is 11.5 Å². The fourth-order valence-corrected chi connectivity index (χ4v) is 2.19. The second-order valence-corrected chi connectivity index (χ2v) is 4.86. The molecule has 0 saturated carbocycles. The molecule has 0 saturated heterocycles. The normalized spacial score (nSPS) is 14.2. The fourth-order valence-electron chi connectivity index (χ4n) is 1.98. The zero-order valence-electron chi connectivity index (χ0n) is 10.7. The van der Waals surface area contributed by atoms with Crippen LogP contribution < -0.4 is 14.8 Å². The molecule has 0 spiro atoms. The average Bonchev–Trinajstić information content (AvgIpc) is 2.87.